The fourth-order valence-corrected chi connectivity index (χ4v) is 7.22. The van der Waals surface area contributed by atoms with E-state index < -0.39 is 5.97 Å². The molecule has 0 atom stereocenters. The highest BCUT2D eigenvalue weighted by atomic mass is 32.2. The summed E-state index contributed by atoms with van der Waals surface area (Å²) in [5.41, 5.74) is 2.31. The predicted octanol–water partition coefficient (Wildman–Crippen LogP) is 4.51. The third-order valence-electron chi connectivity index (χ3n) is 4.76. The number of fused-ring (bicyclic) bond motifs is 3. The van der Waals surface area contributed by atoms with Gasteiger partial charge in [-0.25, -0.2) is 9.78 Å². The normalized spacial score (nSPS) is 14.3. The third-order valence-corrected chi connectivity index (χ3v) is 8.89. The molecule has 1 aliphatic rings. The van der Waals surface area contributed by atoms with Crippen molar-refractivity contribution >= 4 is 56.0 Å². The van der Waals surface area contributed by atoms with Gasteiger partial charge in [0, 0.05) is 17.6 Å². The van der Waals surface area contributed by atoms with Crippen molar-refractivity contribution in [3.63, 3.8) is 0 Å². The molecule has 6 nitrogen and oxygen atoms in total. The average molecular weight is 471 g/mol. The van der Waals surface area contributed by atoms with E-state index >= 15 is 0 Å². The predicted molar refractivity (Wildman–Crippen MR) is 126 cm³/mol. The van der Waals surface area contributed by atoms with Gasteiger partial charge in [-0.1, -0.05) is 35.6 Å². The first-order valence-electron chi connectivity index (χ1n) is 9.69. The molecule has 0 unspecified atom stereocenters. The number of carbonyl (C=O) groups excluding carboxylic acids is 1. The van der Waals surface area contributed by atoms with Gasteiger partial charge in [0.1, 0.15) is 12.4 Å². The van der Waals surface area contributed by atoms with Crippen LogP contribution >= 0.6 is 34.9 Å². The summed E-state index contributed by atoms with van der Waals surface area (Å²) in [5.74, 6) is 2.47. The standard InChI is InChI=1S/C22H18N2O4S3/c25-19-11-15(23-22-24(19)17-3-1-2-4-18(17)31-22)12-28-20(26)13-27-16-7-5-14(6-8-16)21-29-9-10-30-21/h1-8,11,21H,9-10,12-13H2. The summed E-state index contributed by atoms with van der Waals surface area (Å²) in [4.78, 5) is 29.7. The zero-order valence-electron chi connectivity index (χ0n) is 16.4. The smallest absolute Gasteiger partial charge is 0.344 e. The van der Waals surface area contributed by atoms with E-state index in [9.17, 15) is 9.59 Å². The number of ether oxygens (including phenoxy) is 2. The molecular formula is C22H18N2O4S3. The van der Waals surface area contributed by atoms with E-state index in [0.29, 0.717) is 21.0 Å². The lowest BCUT2D eigenvalue weighted by Gasteiger charge is -2.10. The SMILES string of the molecule is O=C(COc1ccc(C2SCCS2)cc1)OCc1cc(=O)n2c(n1)sc1ccccc12. The third kappa shape index (κ3) is 4.44. The van der Waals surface area contributed by atoms with Gasteiger partial charge in [-0.05, 0) is 29.8 Å². The number of hydrogen-bond acceptors (Lipinski definition) is 8. The highest BCUT2D eigenvalue weighted by Gasteiger charge is 2.18. The molecular weight excluding hydrogens is 452 g/mol. The van der Waals surface area contributed by atoms with Crippen LogP contribution in [0.1, 0.15) is 15.8 Å². The molecule has 0 saturated carbocycles. The number of carbonyl (C=O) groups is 1. The van der Waals surface area contributed by atoms with E-state index in [2.05, 4.69) is 4.98 Å². The quantitative estimate of drug-likeness (QED) is 0.384. The minimum Gasteiger partial charge on any atom is -0.482 e. The highest BCUT2D eigenvalue weighted by Crippen LogP contribution is 2.45. The number of esters is 1. The van der Waals surface area contributed by atoms with Crippen molar-refractivity contribution in [2.45, 2.75) is 11.2 Å². The Morgan fingerprint density at radius 2 is 1.87 bits per heavy atom. The van der Waals surface area contributed by atoms with Gasteiger partial charge in [-0.2, -0.15) is 0 Å². The van der Waals surface area contributed by atoms with Crippen LogP contribution in [0, 0.1) is 0 Å². The first-order valence-corrected chi connectivity index (χ1v) is 12.6. The van der Waals surface area contributed by atoms with Gasteiger partial charge < -0.3 is 9.47 Å². The van der Waals surface area contributed by atoms with E-state index in [4.69, 9.17) is 9.47 Å². The molecule has 1 fully saturated rings. The Bertz CT molecular complexity index is 1290. The molecule has 4 aromatic rings. The van der Waals surface area contributed by atoms with Crippen LogP contribution in [0.2, 0.25) is 0 Å². The fraction of sp³-hybridized carbons (Fsp3) is 0.227. The first kappa shape index (κ1) is 20.4. The summed E-state index contributed by atoms with van der Waals surface area (Å²) in [7, 11) is 0. The zero-order valence-corrected chi connectivity index (χ0v) is 18.8. The molecule has 31 heavy (non-hydrogen) atoms. The van der Waals surface area contributed by atoms with Crippen LogP contribution in [0.3, 0.4) is 0 Å². The van der Waals surface area contributed by atoms with Crippen molar-refractivity contribution < 1.29 is 14.3 Å². The molecule has 0 N–H and O–H groups in total. The van der Waals surface area contributed by atoms with Crippen molar-refractivity contribution in [2.75, 3.05) is 18.1 Å². The molecule has 0 aliphatic carbocycles. The van der Waals surface area contributed by atoms with E-state index in [0.717, 1.165) is 10.2 Å². The molecule has 0 radical (unpaired) electrons. The van der Waals surface area contributed by atoms with Crippen LogP contribution in [0.15, 0.2) is 59.4 Å². The van der Waals surface area contributed by atoms with Crippen LogP contribution < -0.4 is 10.3 Å². The van der Waals surface area contributed by atoms with Gasteiger partial charge in [0.15, 0.2) is 11.6 Å². The Labute approximate surface area is 190 Å². The zero-order chi connectivity index (χ0) is 21.2. The largest absolute Gasteiger partial charge is 0.482 e. The molecule has 0 amide bonds. The van der Waals surface area contributed by atoms with Crippen LogP contribution in [-0.2, 0) is 16.1 Å². The Hall–Kier alpha value is -2.49. The fourth-order valence-electron chi connectivity index (χ4n) is 3.31. The van der Waals surface area contributed by atoms with Gasteiger partial charge in [0.25, 0.3) is 5.56 Å². The summed E-state index contributed by atoms with van der Waals surface area (Å²) >= 11 is 5.32. The lowest BCUT2D eigenvalue weighted by molar-refractivity contribution is -0.147. The van der Waals surface area contributed by atoms with Crippen molar-refractivity contribution in [1.29, 1.82) is 0 Å². The average Bonchev–Trinajstić information content (AvgIpc) is 3.44. The van der Waals surface area contributed by atoms with Crippen molar-refractivity contribution in [3.05, 3.63) is 76.2 Å². The van der Waals surface area contributed by atoms with E-state index in [1.54, 1.807) is 4.40 Å². The maximum absolute atomic E-state index is 12.5. The summed E-state index contributed by atoms with van der Waals surface area (Å²) in [6.07, 6.45) is 0. The summed E-state index contributed by atoms with van der Waals surface area (Å²) in [6.45, 7) is -0.270. The minimum absolute atomic E-state index is 0.0722. The van der Waals surface area contributed by atoms with Crippen molar-refractivity contribution in [1.82, 2.24) is 9.38 Å². The van der Waals surface area contributed by atoms with Gasteiger partial charge in [-0.3, -0.25) is 9.20 Å². The van der Waals surface area contributed by atoms with Gasteiger partial charge >= 0.3 is 5.97 Å². The van der Waals surface area contributed by atoms with Crippen LogP contribution in [0.5, 0.6) is 5.75 Å². The van der Waals surface area contributed by atoms with Crippen LogP contribution in [0.4, 0.5) is 0 Å². The van der Waals surface area contributed by atoms with E-state index in [-0.39, 0.29) is 18.8 Å². The number of rotatable bonds is 6. The van der Waals surface area contributed by atoms with Gasteiger partial charge in [-0.15, -0.1) is 23.5 Å². The van der Waals surface area contributed by atoms with Crippen LogP contribution in [-0.4, -0.2) is 33.5 Å². The highest BCUT2D eigenvalue weighted by molar-refractivity contribution is 8.19. The topological polar surface area (TPSA) is 69.9 Å². The molecule has 0 spiro atoms. The minimum atomic E-state index is -0.510. The second-order valence-electron chi connectivity index (χ2n) is 6.87. The van der Waals surface area contributed by atoms with E-state index in [1.165, 1.54) is 34.5 Å². The molecule has 2 aromatic heterocycles. The Morgan fingerprint density at radius 1 is 1.10 bits per heavy atom. The number of aromatic nitrogens is 2. The van der Waals surface area contributed by atoms with Gasteiger partial charge in [0.05, 0.1) is 20.5 Å². The summed E-state index contributed by atoms with van der Waals surface area (Å²) in [5, 5.41) is 0. The molecule has 0 bridgehead atoms. The molecule has 1 aliphatic heterocycles. The Balaban J connectivity index is 1.19. The molecule has 5 rings (SSSR count). The van der Waals surface area contributed by atoms with Crippen LogP contribution in [0.25, 0.3) is 15.2 Å². The summed E-state index contributed by atoms with van der Waals surface area (Å²) in [6, 6.07) is 16.9. The number of nitrogens with zero attached hydrogens (tertiary/aromatic N) is 2. The Kier molecular flexibility index (Phi) is 5.89. The number of hydrogen-bond donors (Lipinski definition) is 0. The molecule has 2 aromatic carbocycles. The Morgan fingerprint density at radius 3 is 2.68 bits per heavy atom. The first-order chi connectivity index (χ1) is 15.2. The number of para-hydroxylation sites is 1. The number of thiazole rings is 1. The number of thioether (sulfide) groups is 2. The van der Waals surface area contributed by atoms with E-state index in [1.807, 2.05) is 72.1 Å². The summed E-state index contributed by atoms with van der Waals surface area (Å²) < 4.78 is 13.8. The molecule has 158 valence electrons. The molecule has 3 heterocycles. The lowest BCUT2D eigenvalue weighted by Crippen LogP contribution is -2.18. The molecule has 9 heteroatoms. The monoisotopic (exact) mass is 470 g/mol. The van der Waals surface area contributed by atoms with Gasteiger partial charge in [0.2, 0.25) is 0 Å². The van der Waals surface area contributed by atoms with Crippen molar-refractivity contribution in [3.8, 4) is 5.75 Å². The second kappa shape index (κ2) is 8.94. The maximum Gasteiger partial charge on any atom is 0.344 e. The lowest BCUT2D eigenvalue weighted by atomic mass is 10.2. The maximum atomic E-state index is 12.5. The number of benzene rings is 2. The second-order valence-corrected chi connectivity index (χ2v) is 10.6. The van der Waals surface area contributed by atoms with Crippen molar-refractivity contribution in [2.24, 2.45) is 0 Å². The molecule has 1 saturated heterocycles.